The number of carbonyl (C=O) groups is 1. The number of methoxy groups -OCH3 is 1. The molecule has 0 bridgehead atoms. The van der Waals surface area contributed by atoms with Crippen LogP contribution in [0.25, 0.3) is 0 Å². The summed E-state index contributed by atoms with van der Waals surface area (Å²) in [6.07, 6.45) is 3.63. The summed E-state index contributed by atoms with van der Waals surface area (Å²) in [6, 6.07) is 5.08. The van der Waals surface area contributed by atoms with E-state index in [-0.39, 0.29) is 29.7 Å². The molecule has 1 heterocycles. The summed E-state index contributed by atoms with van der Waals surface area (Å²) in [5.74, 6) is -0.00864. The van der Waals surface area contributed by atoms with E-state index in [0.717, 1.165) is 31.2 Å². The van der Waals surface area contributed by atoms with Crippen molar-refractivity contribution in [3.63, 3.8) is 0 Å². The van der Waals surface area contributed by atoms with Crippen LogP contribution in [0.15, 0.2) is 18.2 Å². The van der Waals surface area contributed by atoms with Gasteiger partial charge in [-0.15, -0.1) is 0 Å². The molecule has 1 aliphatic heterocycles. The summed E-state index contributed by atoms with van der Waals surface area (Å²) in [7, 11) is 1.45. The van der Waals surface area contributed by atoms with E-state index in [0.29, 0.717) is 6.04 Å². The van der Waals surface area contributed by atoms with E-state index in [1.165, 1.54) is 13.2 Å². The fourth-order valence-corrected chi connectivity index (χ4v) is 3.00. The molecule has 4 nitrogen and oxygen atoms in total. The van der Waals surface area contributed by atoms with Crippen LogP contribution in [0.2, 0.25) is 0 Å². The average Bonchev–Trinajstić information content (AvgIpc) is 3.25. The highest BCUT2D eigenvalue weighted by molar-refractivity contribution is 5.85. The number of hydrogen-bond donors (Lipinski definition) is 1. The van der Waals surface area contributed by atoms with Gasteiger partial charge in [-0.2, -0.15) is 0 Å². The molecule has 2 fully saturated rings. The molecular formula is C16H21FN2O2. The van der Waals surface area contributed by atoms with Gasteiger partial charge in [0.1, 0.15) is 6.17 Å². The number of nitrogens with zero attached hydrogens (tertiary/aromatic N) is 1. The highest BCUT2D eigenvalue weighted by atomic mass is 19.1. The number of rotatable bonds is 5. The van der Waals surface area contributed by atoms with Crippen molar-refractivity contribution in [1.82, 2.24) is 10.2 Å². The van der Waals surface area contributed by atoms with Gasteiger partial charge in [0.25, 0.3) is 0 Å². The van der Waals surface area contributed by atoms with Gasteiger partial charge in [0.15, 0.2) is 11.6 Å². The van der Waals surface area contributed by atoms with Gasteiger partial charge >= 0.3 is 0 Å². The number of halogens is 1. The molecule has 1 amide bonds. The maximum Gasteiger partial charge on any atom is 0.241 e. The topological polar surface area (TPSA) is 41.6 Å². The van der Waals surface area contributed by atoms with Crippen molar-refractivity contribution in [2.45, 2.75) is 50.9 Å². The van der Waals surface area contributed by atoms with Crippen molar-refractivity contribution < 1.29 is 13.9 Å². The van der Waals surface area contributed by atoms with Crippen LogP contribution < -0.4 is 10.1 Å². The molecule has 1 N–H and O–H groups in total. The summed E-state index contributed by atoms with van der Waals surface area (Å²) in [4.78, 5) is 14.4. The van der Waals surface area contributed by atoms with Gasteiger partial charge in [-0.05, 0) is 37.0 Å². The van der Waals surface area contributed by atoms with Crippen molar-refractivity contribution in [1.29, 1.82) is 0 Å². The summed E-state index contributed by atoms with van der Waals surface area (Å²) in [6.45, 7) is 2.07. The Balaban J connectivity index is 1.88. The lowest BCUT2D eigenvalue weighted by Crippen LogP contribution is -2.33. The standard InChI is InChI=1S/C16H21FN2O2/c1-3-4-13-16(20)19(11-6-7-11)15(18-13)10-5-8-14(21-2)12(17)9-10/h5,8-9,11,13,15,18H,3-4,6-7H2,1-2H3. The Hall–Kier alpha value is -1.62. The van der Waals surface area contributed by atoms with Crippen LogP contribution >= 0.6 is 0 Å². The predicted molar refractivity (Wildman–Crippen MR) is 77.4 cm³/mol. The van der Waals surface area contributed by atoms with Crippen LogP contribution in [0.3, 0.4) is 0 Å². The second-order valence-corrected chi connectivity index (χ2v) is 5.78. The molecule has 1 aromatic rings. The smallest absolute Gasteiger partial charge is 0.241 e. The second-order valence-electron chi connectivity index (χ2n) is 5.78. The molecule has 21 heavy (non-hydrogen) atoms. The van der Waals surface area contributed by atoms with Crippen LogP contribution in [-0.4, -0.2) is 30.0 Å². The Labute approximate surface area is 124 Å². The molecule has 0 aromatic heterocycles. The van der Waals surface area contributed by atoms with Crippen molar-refractivity contribution in [3.8, 4) is 5.75 Å². The molecule has 5 heteroatoms. The van der Waals surface area contributed by atoms with E-state index < -0.39 is 0 Å². The first kappa shape index (κ1) is 14.3. The van der Waals surface area contributed by atoms with Gasteiger partial charge in [0, 0.05) is 6.04 Å². The van der Waals surface area contributed by atoms with E-state index >= 15 is 0 Å². The Morgan fingerprint density at radius 3 is 2.76 bits per heavy atom. The number of benzene rings is 1. The van der Waals surface area contributed by atoms with E-state index in [1.807, 2.05) is 11.0 Å². The molecule has 0 spiro atoms. The molecule has 2 unspecified atom stereocenters. The largest absolute Gasteiger partial charge is 0.494 e. The van der Waals surface area contributed by atoms with Gasteiger partial charge in [-0.1, -0.05) is 19.4 Å². The Morgan fingerprint density at radius 1 is 1.43 bits per heavy atom. The first-order chi connectivity index (χ1) is 10.2. The van der Waals surface area contributed by atoms with Crippen molar-refractivity contribution in [3.05, 3.63) is 29.6 Å². The molecule has 2 aliphatic rings. The van der Waals surface area contributed by atoms with E-state index in [1.54, 1.807) is 6.07 Å². The first-order valence-corrected chi connectivity index (χ1v) is 7.57. The molecule has 1 aliphatic carbocycles. The molecule has 0 radical (unpaired) electrons. The minimum absolute atomic E-state index is 0.147. The Morgan fingerprint density at radius 2 is 2.19 bits per heavy atom. The fourth-order valence-electron chi connectivity index (χ4n) is 3.00. The fraction of sp³-hybridized carbons (Fsp3) is 0.562. The third-order valence-corrected chi connectivity index (χ3v) is 4.20. The van der Waals surface area contributed by atoms with E-state index in [9.17, 15) is 9.18 Å². The Kier molecular flexibility index (Phi) is 3.85. The minimum Gasteiger partial charge on any atom is -0.494 e. The third-order valence-electron chi connectivity index (χ3n) is 4.20. The highest BCUT2D eigenvalue weighted by Gasteiger charge is 2.46. The quantitative estimate of drug-likeness (QED) is 0.907. The zero-order valence-electron chi connectivity index (χ0n) is 12.4. The van der Waals surface area contributed by atoms with Crippen LogP contribution in [0.1, 0.15) is 44.3 Å². The SMILES string of the molecule is CCCC1NC(c2ccc(OC)c(F)c2)N(C2CC2)C1=O. The number of nitrogens with one attached hydrogen (secondary N) is 1. The van der Waals surface area contributed by atoms with Crippen molar-refractivity contribution in [2.75, 3.05) is 7.11 Å². The normalized spacial score (nSPS) is 25.5. The number of ether oxygens (including phenoxy) is 1. The summed E-state index contributed by atoms with van der Waals surface area (Å²) in [5.41, 5.74) is 0.784. The monoisotopic (exact) mass is 292 g/mol. The molecule has 1 aromatic carbocycles. The van der Waals surface area contributed by atoms with Gasteiger partial charge in [0.2, 0.25) is 5.91 Å². The molecule has 3 rings (SSSR count). The molecule has 1 saturated heterocycles. The lowest BCUT2D eigenvalue weighted by Gasteiger charge is -2.24. The molecule has 114 valence electrons. The van der Waals surface area contributed by atoms with Gasteiger partial charge in [-0.3, -0.25) is 10.1 Å². The predicted octanol–water partition coefficient (Wildman–Crippen LogP) is 2.60. The van der Waals surface area contributed by atoms with Crippen LogP contribution in [0.4, 0.5) is 4.39 Å². The van der Waals surface area contributed by atoms with Gasteiger partial charge in [-0.25, -0.2) is 4.39 Å². The molecule has 1 saturated carbocycles. The minimum atomic E-state index is -0.390. The second kappa shape index (κ2) is 5.64. The Bertz CT molecular complexity index is 545. The van der Waals surface area contributed by atoms with Gasteiger partial charge in [0.05, 0.1) is 13.2 Å². The van der Waals surface area contributed by atoms with Gasteiger partial charge < -0.3 is 9.64 Å². The average molecular weight is 292 g/mol. The number of hydrogen-bond acceptors (Lipinski definition) is 3. The zero-order valence-corrected chi connectivity index (χ0v) is 12.4. The number of amides is 1. The summed E-state index contributed by atoms with van der Waals surface area (Å²) >= 11 is 0. The maximum absolute atomic E-state index is 13.9. The first-order valence-electron chi connectivity index (χ1n) is 7.57. The third kappa shape index (κ3) is 2.62. The van der Waals surface area contributed by atoms with Crippen LogP contribution in [0.5, 0.6) is 5.75 Å². The van der Waals surface area contributed by atoms with Crippen LogP contribution in [-0.2, 0) is 4.79 Å². The van der Waals surface area contributed by atoms with Crippen LogP contribution in [0, 0.1) is 5.82 Å². The summed E-state index contributed by atoms with van der Waals surface area (Å²) in [5, 5.41) is 3.36. The zero-order chi connectivity index (χ0) is 15.0. The lowest BCUT2D eigenvalue weighted by atomic mass is 10.1. The summed E-state index contributed by atoms with van der Waals surface area (Å²) < 4.78 is 18.9. The van der Waals surface area contributed by atoms with Crippen molar-refractivity contribution in [2.24, 2.45) is 0 Å². The van der Waals surface area contributed by atoms with Crippen molar-refractivity contribution >= 4 is 5.91 Å². The van der Waals surface area contributed by atoms with E-state index in [2.05, 4.69) is 12.2 Å². The molecule has 2 atom stereocenters. The lowest BCUT2D eigenvalue weighted by molar-refractivity contribution is -0.130. The molecular weight excluding hydrogens is 271 g/mol. The number of carbonyl (C=O) groups excluding carboxylic acids is 1. The van der Waals surface area contributed by atoms with E-state index in [4.69, 9.17) is 4.74 Å². The maximum atomic E-state index is 13.9. The highest BCUT2D eigenvalue weighted by Crippen LogP contribution is 2.38.